The van der Waals surface area contributed by atoms with Crippen LogP contribution in [0.1, 0.15) is 33.3 Å². The molecule has 1 aromatic heterocycles. The number of hydrogen-bond donors (Lipinski definition) is 1. The van der Waals surface area contributed by atoms with Crippen molar-refractivity contribution >= 4 is 11.3 Å². The Morgan fingerprint density at radius 2 is 2.12 bits per heavy atom. The van der Waals surface area contributed by atoms with Gasteiger partial charge in [-0.3, -0.25) is 0 Å². The number of nitrogens with one attached hydrogen (secondary N) is 1. The van der Waals surface area contributed by atoms with Gasteiger partial charge in [-0.1, -0.05) is 20.8 Å². The Hall–Kier alpha value is -0.380. The van der Waals surface area contributed by atoms with Crippen LogP contribution in [0.3, 0.4) is 0 Å². The molecule has 0 aromatic carbocycles. The monoisotopic (exact) mass is 255 g/mol. The number of rotatable bonds is 8. The van der Waals surface area contributed by atoms with Gasteiger partial charge >= 0.3 is 0 Å². The van der Waals surface area contributed by atoms with Crippen molar-refractivity contribution in [3.05, 3.63) is 22.4 Å². The van der Waals surface area contributed by atoms with Crippen molar-refractivity contribution in [2.75, 3.05) is 13.2 Å². The molecule has 0 spiro atoms. The molecule has 98 valence electrons. The summed E-state index contributed by atoms with van der Waals surface area (Å²) in [4.78, 5) is 0. The summed E-state index contributed by atoms with van der Waals surface area (Å²) >= 11 is 1.76. The zero-order valence-corrected chi connectivity index (χ0v) is 12.2. The molecule has 0 amide bonds. The molecule has 1 N–H and O–H groups in total. The van der Waals surface area contributed by atoms with Crippen LogP contribution in [-0.4, -0.2) is 25.3 Å². The largest absolute Gasteiger partial charge is 0.377 e. The Kier molecular flexibility index (Phi) is 6.78. The van der Waals surface area contributed by atoms with Crippen LogP contribution in [0.4, 0.5) is 0 Å². The van der Waals surface area contributed by atoms with E-state index in [0.29, 0.717) is 18.1 Å². The van der Waals surface area contributed by atoms with Crippen LogP contribution in [0.15, 0.2) is 16.8 Å². The molecule has 1 heterocycles. The van der Waals surface area contributed by atoms with E-state index < -0.39 is 0 Å². The molecule has 0 aliphatic rings. The Labute approximate surface area is 109 Å². The van der Waals surface area contributed by atoms with E-state index in [2.05, 4.69) is 49.8 Å². The molecule has 0 fully saturated rings. The van der Waals surface area contributed by atoms with Gasteiger partial charge in [0.1, 0.15) is 0 Å². The van der Waals surface area contributed by atoms with E-state index >= 15 is 0 Å². The maximum Gasteiger partial charge on any atom is 0.0753 e. The van der Waals surface area contributed by atoms with Crippen molar-refractivity contribution in [1.82, 2.24) is 5.32 Å². The van der Waals surface area contributed by atoms with Crippen LogP contribution >= 0.6 is 11.3 Å². The lowest BCUT2D eigenvalue weighted by Crippen LogP contribution is -2.45. The lowest BCUT2D eigenvalue weighted by molar-refractivity contribution is 0.00397. The van der Waals surface area contributed by atoms with Crippen LogP contribution in [0.5, 0.6) is 0 Å². The van der Waals surface area contributed by atoms with Gasteiger partial charge in [0.2, 0.25) is 0 Å². The number of ether oxygens (including phenoxy) is 1. The molecule has 3 heteroatoms. The van der Waals surface area contributed by atoms with Crippen LogP contribution in [0.2, 0.25) is 0 Å². The van der Waals surface area contributed by atoms with E-state index in [0.717, 1.165) is 19.6 Å². The van der Waals surface area contributed by atoms with Gasteiger partial charge in [-0.2, -0.15) is 11.3 Å². The fraction of sp³-hybridized carbons (Fsp3) is 0.714. The molecule has 1 aromatic rings. The minimum atomic E-state index is 0.292. The second kappa shape index (κ2) is 7.85. The van der Waals surface area contributed by atoms with Crippen molar-refractivity contribution in [3.8, 4) is 0 Å². The third-order valence-corrected chi connectivity index (χ3v) is 3.65. The highest BCUT2D eigenvalue weighted by molar-refractivity contribution is 7.07. The van der Waals surface area contributed by atoms with Crippen LogP contribution in [-0.2, 0) is 11.2 Å². The van der Waals surface area contributed by atoms with E-state index in [1.807, 2.05) is 0 Å². The number of likely N-dealkylation sites (N-methyl/N-ethyl adjacent to an activating group) is 1. The quantitative estimate of drug-likeness (QED) is 0.769. The molecule has 2 nitrogen and oxygen atoms in total. The van der Waals surface area contributed by atoms with E-state index in [4.69, 9.17) is 4.74 Å². The van der Waals surface area contributed by atoms with Crippen molar-refractivity contribution in [1.29, 1.82) is 0 Å². The fourth-order valence-electron chi connectivity index (χ4n) is 2.20. The number of hydrogen-bond acceptors (Lipinski definition) is 3. The Balaban J connectivity index is 2.67. The van der Waals surface area contributed by atoms with Crippen molar-refractivity contribution < 1.29 is 4.74 Å². The minimum Gasteiger partial charge on any atom is -0.377 e. The average Bonchev–Trinajstić information content (AvgIpc) is 2.78. The second-order valence-corrected chi connectivity index (χ2v) is 5.44. The summed E-state index contributed by atoms with van der Waals surface area (Å²) in [7, 11) is 0. The molecule has 2 unspecified atom stereocenters. The standard InChI is InChI=1S/C14H25NOS/c1-5-15-13(9-12-7-8-17-10-12)14(11(3)4)16-6-2/h7-8,10-11,13-15H,5-6,9H2,1-4H3. The van der Waals surface area contributed by atoms with Gasteiger partial charge in [-0.05, 0) is 48.2 Å². The summed E-state index contributed by atoms with van der Waals surface area (Å²) in [6, 6.07) is 2.62. The maximum absolute atomic E-state index is 5.91. The van der Waals surface area contributed by atoms with Gasteiger partial charge in [-0.25, -0.2) is 0 Å². The summed E-state index contributed by atoms with van der Waals surface area (Å²) in [6.45, 7) is 10.5. The average molecular weight is 255 g/mol. The van der Waals surface area contributed by atoms with E-state index in [-0.39, 0.29) is 0 Å². The fourth-order valence-corrected chi connectivity index (χ4v) is 2.88. The van der Waals surface area contributed by atoms with Gasteiger partial charge in [0, 0.05) is 12.6 Å². The SMILES string of the molecule is CCNC(Cc1ccsc1)C(OCC)C(C)C. The summed E-state index contributed by atoms with van der Waals surface area (Å²) in [6.07, 6.45) is 1.35. The molecular weight excluding hydrogens is 230 g/mol. The molecule has 0 saturated heterocycles. The normalized spacial score (nSPS) is 15.1. The molecule has 2 atom stereocenters. The molecule has 0 bridgehead atoms. The highest BCUT2D eigenvalue weighted by Crippen LogP contribution is 2.17. The third kappa shape index (κ3) is 4.78. The van der Waals surface area contributed by atoms with Crippen molar-refractivity contribution in [3.63, 3.8) is 0 Å². The van der Waals surface area contributed by atoms with E-state index in [1.165, 1.54) is 5.56 Å². The highest BCUT2D eigenvalue weighted by Gasteiger charge is 2.24. The first-order chi connectivity index (χ1) is 8.19. The molecular formula is C14H25NOS. The molecule has 0 aliphatic heterocycles. The van der Waals surface area contributed by atoms with Gasteiger partial charge < -0.3 is 10.1 Å². The molecule has 17 heavy (non-hydrogen) atoms. The summed E-state index contributed by atoms with van der Waals surface area (Å²) < 4.78 is 5.91. The lowest BCUT2D eigenvalue weighted by Gasteiger charge is -2.30. The zero-order valence-electron chi connectivity index (χ0n) is 11.4. The predicted octanol–water partition coefficient (Wildman–Crippen LogP) is 3.33. The van der Waals surface area contributed by atoms with Gasteiger partial charge in [0.05, 0.1) is 6.10 Å². The molecule has 0 aliphatic carbocycles. The van der Waals surface area contributed by atoms with Crippen molar-refractivity contribution in [2.45, 2.75) is 46.3 Å². The topological polar surface area (TPSA) is 21.3 Å². The van der Waals surface area contributed by atoms with Crippen molar-refractivity contribution in [2.24, 2.45) is 5.92 Å². The molecule has 0 radical (unpaired) electrons. The van der Waals surface area contributed by atoms with Gasteiger partial charge in [0.25, 0.3) is 0 Å². The summed E-state index contributed by atoms with van der Waals surface area (Å²) in [5, 5.41) is 7.94. The van der Waals surface area contributed by atoms with Gasteiger partial charge in [-0.15, -0.1) is 0 Å². The Morgan fingerprint density at radius 3 is 2.59 bits per heavy atom. The smallest absolute Gasteiger partial charge is 0.0753 e. The predicted molar refractivity (Wildman–Crippen MR) is 75.7 cm³/mol. The highest BCUT2D eigenvalue weighted by atomic mass is 32.1. The van der Waals surface area contributed by atoms with Crippen LogP contribution in [0.25, 0.3) is 0 Å². The van der Waals surface area contributed by atoms with Crippen LogP contribution in [0, 0.1) is 5.92 Å². The lowest BCUT2D eigenvalue weighted by atomic mass is 9.94. The van der Waals surface area contributed by atoms with E-state index in [9.17, 15) is 0 Å². The van der Waals surface area contributed by atoms with Crippen LogP contribution < -0.4 is 5.32 Å². The second-order valence-electron chi connectivity index (χ2n) is 4.66. The first kappa shape index (κ1) is 14.7. The molecule has 1 rings (SSSR count). The molecule has 0 saturated carbocycles. The Morgan fingerprint density at radius 1 is 1.35 bits per heavy atom. The maximum atomic E-state index is 5.91. The zero-order chi connectivity index (χ0) is 12.7. The Bertz CT molecular complexity index is 284. The third-order valence-electron chi connectivity index (χ3n) is 2.91. The minimum absolute atomic E-state index is 0.292. The summed E-state index contributed by atoms with van der Waals surface area (Å²) in [5.41, 5.74) is 1.41. The van der Waals surface area contributed by atoms with E-state index in [1.54, 1.807) is 11.3 Å². The number of thiophene rings is 1. The summed E-state index contributed by atoms with van der Waals surface area (Å²) in [5.74, 6) is 0.539. The first-order valence-electron chi connectivity index (χ1n) is 6.55. The van der Waals surface area contributed by atoms with Gasteiger partial charge in [0.15, 0.2) is 0 Å². The first-order valence-corrected chi connectivity index (χ1v) is 7.49.